The highest BCUT2D eigenvalue weighted by atomic mass is 32.1. The first-order valence-electron chi connectivity index (χ1n) is 7.53. The molecule has 0 aromatic carbocycles. The summed E-state index contributed by atoms with van der Waals surface area (Å²) in [6.07, 6.45) is 2.99. The lowest BCUT2D eigenvalue weighted by Gasteiger charge is -2.32. The molecular formula is C15H18N4O4S. The third kappa shape index (κ3) is 3.46. The van der Waals surface area contributed by atoms with Gasteiger partial charge in [-0.1, -0.05) is 0 Å². The van der Waals surface area contributed by atoms with Crippen molar-refractivity contribution in [2.45, 2.75) is 19.4 Å². The number of nitrogens with zero attached hydrogens (tertiary/aromatic N) is 4. The fourth-order valence-corrected chi connectivity index (χ4v) is 3.62. The highest BCUT2D eigenvalue weighted by molar-refractivity contribution is 7.17. The Morgan fingerprint density at radius 2 is 2.29 bits per heavy atom. The fourth-order valence-electron chi connectivity index (χ4n) is 2.62. The molecule has 1 N–H and O–H groups in total. The second kappa shape index (κ2) is 6.70. The number of carboxylic acid groups (broad SMARTS) is 1. The maximum atomic E-state index is 12.8. The minimum absolute atomic E-state index is 0.105. The first kappa shape index (κ1) is 16.6. The summed E-state index contributed by atoms with van der Waals surface area (Å²) in [6.45, 7) is 2.88. The smallest absolute Gasteiger partial charge is 0.306 e. The van der Waals surface area contributed by atoms with Gasteiger partial charge in [-0.15, -0.1) is 11.3 Å². The summed E-state index contributed by atoms with van der Waals surface area (Å²) in [5, 5.41) is 13.8. The third-order valence-corrected chi connectivity index (χ3v) is 4.97. The molecule has 128 valence electrons. The second-order valence-corrected chi connectivity index (χ2v) is 6.68. The van der Waals surface area contributed by atoms with Gasteiger partial charge in [-0.25, -0.2) is 4.98 Å². The van der Waals surface area contributed by atoms with Crippen molar-refractivity contribution in [3.8, 4) is 10.6 Å². The predicted molar refractivity (Wildman–Crippen MR) is 86.9 cm³/mol. The van der Waals surface area contributed by atoms with E-state index in [1.54, 1.807) is 22.7 Å². The number of carbonyl (C=O) groups excluding carboxylic acids is 1. The number of aryl methyl sites for hydroxylation is 2. The summed E-state index contributed by atoms with van der Waals surface area (Å²) in [5.74, 6) is -1.05. The number of morpholine rings is 1. The molecule has 1 aliphatic heterocycles. The Balaban J connectivity index is 1.77. The van der Waals surface area contributed by atoms with E-state index >= 15 is 0 Å². The van der Waals surface area contributed by atoms with Gasteiger partial charge >= 0.3 is 5.97 Å². The number of ether oxygens (including phenoxy) is 1. The van der Waals surface area contributed by atoms with E-state index in [1.807, 2.05) is 13.2 Å². The largest absolute Gasteiger partial charge is 0.481 e. The van der Waals surface area contributed by atoms with Gasteiger partial charge in [-0.3, -0.25) is 14.3 Å². The van der Waals surface area contributed by atoms with Crippen molar-refractivity contribution in [1.82, 2.24) is 19.7 Å². The Morgan fingerprint density at radius 3 is 2.96 bits per heavy atom. The predicted octanol–water partition coefficient (Wildman–Crippen LogP) is 1.17. The molecule has 24 heavy (non-hydrogen) atoms. The lowest BCUT2D eigenvalue weighted by molar-refractivity contribution is -0.141. The van der Waals surface area contributed by atoms with Crippen molar-refractivity contribution >= 4 is 23.2 Å². The van der Waals surface area contributed by atoms with Crippen molar-refractivity contribution in [2.24, 2.45) is 7.05 Å². The van der Waals surface area contributed by atoms with Crippen LogP contribution in [-0.4, -0.2) is 62.4 Å². The van der Waals surface area contributed by atoms with Gasteiger partial charge < -0.3 is 14.7 Å². The Labute approximate surface area is 142 Å². The van der Waals surface area contributed by atoms with E-state index < -0.39 is 12.1 Å². The van der Waals surface area contributed by atoms with Crippen molar-refractivity contribution in [3.63, 3.8) is 0 Å². The van der Waals surface area contributed by atoms with Gasteiger partial charge in [0.15, 0.2) is 0 Å². The number of carbonyl (C=O) groups is 2. The van der Waals surface area contributed by atoms with Gasteiger partial charge in [0.1, 0.15) is 9.88 Å². The monoisotopic (exact) mass is 350 g/mol. The molecule has 0 aliphatic carbocycles. The van der Waals surface area contributed by atoms with E-state index in [2.05, 4.69) is 10.1 Å². The molecule has 0 radical (unpaired) electrons. The Bertz CT molecular complexity index is 769. The zero-order valence-electron chi connectivity index (χ0n) is 13.4. The molecule has 0 bridgehead atoms. The number of aliphatic carboxylic acids is 1. The van der Waals surface area contributed by atoms with Crippen molar-refractivity contribution in [1.29, 1.82) is 0 Å². The second-order valence-electron chi connectivity index (χ2n) is 5.68. The lowest BCUT2D eigenvalue weighted by Crippen LogP contribution is -2.46. The van der Waals surface area contributed by atoms with Crippen LogP contribution in [0.3, 0.4) is 0 Å². The number of amides is 1. The van der Waals surface area contributed by atoms with Crippen LogP contribution in [0, 0.1) is 6.92 Å². The van der Waals surface area contributed by atoms with E-state index in [1.165, 1.54) is 11.3 Å². The highest BCUT2D eigenvalue weighted by Gasteiger charge is 2.29. The molecule has 2 aromatic heterocycles. The number of thiazole rings is 1. The minimum atomic E-state index is -0.929. The molecule has 1 atom stereocenters. The molecule has 0 unspecified atom stereocenters. The zero-order valence-corrected chi connectivity index (χ0v) is 14.2. The van der Waals surface area contributed by atoms with Crippen molar-refractivity contribution in [2.75, 3.05) is 19.7 Å². The van der Waals surface area contributed by atoms with E-state index in [4.69, 9.17) is 9.84 Å². The van der Waals surface area contributed by atoms with Gasteiger partial charge in [0.2, 0.25) is 0 Å². The third-order valence-electron chi connectivity index (χ3n) is 3.77. The number of carboxylic acids is 1. The molecule has 2 aromatic rings. The number of rotatable bonds is 4. The molecule has 1 saturated heterocycles. The topological polar surface area (TPSA) is 97.5 Å². The molecule has 0 saturated carbocycles. The number of hydrogen-bond donors (Lipinski definition) is 1. The maximum Gasteiger partial charge on any atom is 0.306 e. The first-order valence-corrected chi connectivity index (χ1v) is 8.35. The quantitative estimate of drug-likeness (QED) is 0.889. The summed E-state index contributed by atoms with van der Waals surface area (Å²) in [6, 6.07) is 0. The lowest BCUT2D eigenvalue weighted by atomic mass is 10.2. The van der Waals surface area contributed by atoms with Crippen molar-refractivity contribution < 1.29 is 19.4 Å². The average Bonchev–Trinajstić information content (AvgIpc) is 3.12. The molecule has 9 heteroatoms. The number of aromatic nitrogens is 3. The van der Waals surface area contributed by atoms with Gasteiger partial charge in [0.05, 0.1) is 31.0 Å². The Kier molecular flexibility index (Phi) is 4.63. The molecule has 1 amide bonds. The average molecular weight is 350 g/mol. The zero-order chi connectivity index (χ0) is 17.3. The van der Waals surface area contributed by atoms with Gasteiger partial charge in [-0.05, 0) is 6.92 Å². The van der Waals surface area contributed by atoms with Crippen molar-refractivity contribution in [3.05, 3.63) is 23.0 Å². The molecule has 3 heterocycles. The van der Waals surface area contributed by atoms with E-state index in [-0.39, 0.29) is 18.9 Å². The standard InChI is InChI=1S/C15H18N4O4S/c1-9-13(24-14(17-9)10-6-16-18(2)7-10)15(22)19-3-4-23-11(8-19)5-12(20)21/h6-7,11H,3-5,8H2,1-2H3,(H,20,21)/t11-/m0/s1. The fraction of sp³-hybridized carbons (Fsp3) is 0.467. The van der Waals surface area contributed by atoms with Gasteiger partial charge in [0.25, 0.3) is 5.91 Å². The molecule has 8 nitrogen and oxygen atoms in total. The van der Waals surface area contributed by atoms with Crippen LogP contribution >= 0.6 is 11.3 Å². The first-order chi connectivity index (χ1) is 11.4. The summed E-state index contributed by atoms with van der Waals surface area (Å²) < 4.78 is 7.10. The summed E-state index contributed by atoms with van der Waals surface area (Å²) in [5.41, 5.74) is 1.54. The Morgan fingerprint density at radius 1 is 1.50 bits per heavy atom. The molecule has 1 aliphatic rings. The minimum Gasteiger partial charge on any atom is -0.481 e. The molecule has 1 fully saturated rings. The molecular weight excluding hydrogens is 332 g/mol. The Hall–Kier alpha value is -2.26. The van der Waals surface area contributed by atoms with Crippen LogP contribution in [0.2, 0.25) is 0 Å². The maximum absolute atomic E-state index is 12.8. The van der Waals surface area contributed by atoms with Gasteiger partial charge in [0, 0.05) is 31.9 Å². The summed E-state index contributed by atoms with van der Waals surface area (Å²) in [4.78, 5) is 30.3. The summed E-state index contributed by atoms with van der Waals surface area (Å²) >= 11 is 1.33. The van der Waals surface area contributed by atoms with Crippen LogP contribution in [-0.2, 0) is 16.6 Å². The van der Waals surface area contributed by atoms with Crippen LogP contribution in [0.1, 0.15) is 21.8 Å². The molecule has 0 spiro atoms. The summed E-state index contributed by atoms with van der Waals surface area (Å²) in [7, 11) is 1.83. The molecule has 3 rings (SSSR count). The van der Waals surface area contributed by atoms with Crippen LogP contribution in [0.15, 0.2) is 12.4 Å². The van der Waals surface area contributed by atoms with Gasteiger partial charge in [-0.2, -0.15) is 5.10 Å². The van der Waals surface area contributed by atoms with E-state index in [0.29, 0.717) is 23.7 Å². The van der Waals surface area contributed by atoms with Crippen LogP contribution in [0.5, 0.6) is 0 Å². The highest BCUT2D eigenvalue weighted by Crippen LogP contribution is 2.29. The van der Waals surface area contributed by atoms with E-state index in [0.717, 1.165) is 10.6 Å². The van der Waals surface area contributed by atoms with Crippen LogP contribution in [0.4, 0.5) is 0 Å². The normalized spacial score (nSPS) is 17.9. The number of hydrogen-bond acceptors (Lipinski definition) is 6. The van der Waals surface area contributed by atoms with E-state index in [9.17, 15) is 9.59 Å². The SMILES string of the molecule is Cc1nc(-c2cnn(C)c2)sc1C(=O)N1CCO[C@@H](CC(=O)O)C1. The van der Waals surface area contributed by atoms with Crippen LogP contribution in [0.25, 0.3) is 10.6 Å². The van der Waals surface area contributed by atoms with Crippen LogP contribution < -0.4 is 0 Å².